The van der Waals surface area contributed by atoms with Crippen LogP contribution in [-0.2, 0) is 27.9 Å². The number of likely N-dealkylation sites (N-methyl/N-ethyl adjacent to an activating group) is 1. The fourth-order valence-corrected chi connectivity index (χ4v) is 9.19. The van der Waals surface area contributed by atoms with Crippen molar-refractivity contribution in [3.05, 3.63) is 122 Å². The van der Waals surface area contributed by atoms with Crippen molar-refractivity contribution in [1.82, 2.24) is 5.32 Å². The Morgan fingerprint density at radius 1 is 0.456 bits per heavy atom. The summed E-state index contributed by atoms with van der Waals surface area (Å²) in [6, 6.07) is -0.915. The van der Waals surface area contributed by atoms with E-state index in [4.69, 9.17) is 13.8 Å². The summed E-state index contributed by atoms with van der Waals surface area (Å²) in [6.45, 7) is 6.65. The third kappa shape index (κ3) is 58.9. The minimum absolute atomic E-state index is 0.0364. The van der Waals surface area contributed by atoms with Crippen LogP contribution in [0.15, 0.2) is 122 Å². The Hall–Kier alpha value is -3.59. The summed E-state index contributed by atoms with van der Waals surface area (Å²) in [7, 11) is 1.14. The number of allylic oxidation sites excluding steroid dienone is 19. The summed E-state index contributed by atoms with van der Waals surface area (Å²) in [5, 5.41) is 3.01. The van der Waals surface area contributed by atoms with Crippen molar-refractivity contribution in [2.24, 2.45) is 0 Å². The van der Waals surface area contributed by atoms with E-state index in [9.17, 15) is 19.0 Å². The highest BCUT2D eigenvalue weighted by Gasteiger charge is 2.27. The summed E-state index contributed by atoms with van der Waals surface area (Å²) in [5.74, 6) is -0.592. The first-order chi connectivity index (χ1) is 38.4. The minimum Gasteiger partial charge on any atom is -0.756 e. The van der Waals surface area contributed by atoms with Crippen LogP contribution >= 0.6 is 7.82 Å². The lowest BCUT2D eigenvalue weighted by molar-refractivity contribution is -0.870. The van der Waals surface area contributed by atoms with Gasteiger partial charge in [0.25, 0.3) is 7.82 Å². The third-order valence-electron chi connectivity index (χ3n) is 13.4. The molecule has 3 atom stereocenters. The van der Waals surface area contributed by atoms with E-state index in [1.165, 1.54) is 70.6 Å². The molecular formula is C69H119N2O7P. The number of unbranched alkanes of at least 4 members (excludes halogenated alkanes) is 22. The molecule has 3 unspecified atom stereocenters. The van der Waals surface area contributed by atoms with Crippen LogP contribution in [0, 0.1) is 0 Å². The summed E-state index contributed by atoms with van der Waals surface area (Å²) < 4.78 is 30.3. The molecule has 0 aliphatic carbocycles. The number of rotatable bonds is 56. The summed E-state index contributed by atoms with van der Waals surface area (Å²) in [6.07, 6.45) is 80.2. The molecule has 0 spiro atoms. The maximum Gasteiger partial charge on any atom is 0.306 e. The van der Waals surface area contributed by atoms with Crippen LogP contribution < -0.4 is 10.2 Å². The van der Waals surface area contributed by atoms with Crippen LogP contribution in [0.3, 0.4) is 0 Å². The Bertz CT molecular complexity index is 1770. The van der Waals surface area contributed by atoms with E-state index >= 15 is 0 Å². The number of phosphoric ester groups is 1. The fraction of sp³-hybridized carbons (Fsp3) is 0.681. The topological polar surface area (TPSA) is 114 Å². The Morgan fingerprint density at radius 3 is 1.24 bits per heavy atom. The Balaban J connectivity index is 5.28. The summed E-state index contributed by atoms with van der Waals surface area (Å²) in [5.41, 5.74) is 0. The van der Waals surface area contributed by atoms with Gasteiger partial charge in [-0.2, -0.15) is 0 Å². The second-order valence-electron chi connectivity index (χ2n) is 22.2. The molecule has 1 N–H and O–H groups in total. The number of esters is 1. The van der Waals surface area contributed by atoms with Crippen molar-refractivity contribution in [1.29, 1.82) is 0 Å². The Kier molecular flexibility index (Phi) is 55.0. The molecule has 0 bridgehead atoms. The van der Waals surface area contributed by atoms with Gasteiger partial charge >= 0.3 is 5.97 Å². The SMILES string of the molecule is CC/C=C\C/C=C\C/C=C\C/C=C\C/C=C\CCCCCCCC(=O)OC(/C=C/CCCCCCCCCCC)C(COP(=O)([O-])OCC[N+](C)(C)C)NC(=O)CCCCCCC/C=C\C/C=C\C/C=C\C/C=C\CCCCC. The molecule has 0 aromatic heterocycles. The number of amides is 1. The van der Waals surface area contributed by atoms with E-state index < -0.39 is 26.6 Å². The van der Waals surface area contributed by atoms with Crippen molar-refractivity contribution >= 4 is 19.7 Å². The molecule has 79 heavy (non-hydrogen) atoms. The molecule has 0 aromatic carbocycles. The van der Waals surface area contributed by atoms with Gasteiger partial charge in [0.15, 0.2) is 0 Å². The molecule has 9 nitrogen and oxygen atoms in total. The van der Waals surface area contributed by atoms with Gasteiger partial charge in [0.1, 0.15) is 19.3 Å². The van der Waals surface area contributed by atoms with Gasteiger partial charge in [-0.15, -0.1) is 0 Å². The molecule has 0 rings (SSSR count). The fourth-order valence-electron chi connectivity index (χ4n) is 8.47. The molecule has 0 fully saturated rings. The van der Waals surface area contributed by atoms with Crippen molar-refractivity contribution in [2.75, 3.05) is 40.9 Å². The molecule has 1 amide bonds. The Labute approximate surface area is 486 Å². The average Bonchev–Trinajstić information content (AvgIpc) is 3.41. The van der Waals surface area contributed by atoms with Gasteiger partial charge < -0.3 is 28.5 Å². The van der Waals surface area contributed by atoms with Crippen LogP contribution in [0.25, 0.3) is 0 Å². The number of carbonyl (C=O) groups is 2. The van der Waals surface area contributed by atoms with Crippen molar-refractivity contribution in [3.8, 4) is 0 Å². The number of hydrogen-bond acceptors (Lipinski definition) is 7. The van der Waals surface area contributed by atoms with Crippen molar-refractivity contribution in [2.45, 2.75) is 264 Å². The highest BCUT2D eigenvalue weighted by Crippen LogP contribution is 2.38. The van der Waals surface area contributed by atoms with Gasteiger partial charge in [0, 0.05) is 12.8 Å². The molecule has 0 aliphatic heterocycles. The monoisotopic (exact) mass is 1120 g/mol. The second kappa shape index (κ2) is 57.6. The largest absolute Gasteiger partial charge is 0.756 e. The van der Waals surface area contributed by atoms with Crippen LogP contribution in [-0.4, -0.2) is 69.4 Å². The zero-order valence-electron chi connectivity index (χ0n) is 51.5. The number of nitrogens with one attached hydrogen (secondary N) is 1. The van der Waals surface area contributed by atoms with Gasteiger partial charge in [0.2, 0.25) is 5.91 Å². The maximum atomic E-state index is 13.5. The highest BCUT2D eigenvalue weighted by molar-refractivity contribution is 7.45. The number of phosphoric acid groups is 1. The predicted octanol–water partition coefficient (Wildman–Crippen LogP) is 19.3. The van der Waals surface area contributed by atoms with Crippen molar-refractivity contribution < 1.29 is 37.3 Å². The molecule has 0 saturated carbocycles. The van der Waals surface area contributed by atoms with Gasteiger partial charge in [-0.1, -0.05) is 239 Å². The molecule has 0 heterocycles. The molecule has 0 radical (unpaired) electrons. The smallest absolute Gasteiger partial charge is 0.306 e. The zero-order valence-corrected chi connectivity index (χ0v) is 52.4. The van der Waals surface area contributed by atoms with Crippen LogP contribution in [0.1, 0.15) is 252 Å². The van der Waals surface area contributed by atoms with E-state index in [1.807, 2.05) is 33.3 Å². The average molecular weight is 1120 g/mol. The van der Waals surface area contributed by atoms with Crippen molar-refractivity contribution in [3.63, 3.8) is 0 Å². The molecule has 0 saturated heterocycles. The second-order valence-corrected chi connectivity index (χ2v) is 23.6. The lowest BCUT2D eigenvalue weighted by atomic mass is 10.1. The normalized spacial score (nSPS) is 14.5. The van der Waals surface area contributed by atoms with Gasteiger partial charge in [-0.05, 0) is 122 Å². The van der Waals surface area contributed by atoms with Gasteiger partial charge in [-0.25, -0.2) is 0 Å². The van der Waals surface area contributed by atoms with E-state index in [0.717, 1.165) is 135 Å². The quantitative estimate of drug-likeness (QED) is 0.0212. The first-order valence-corrected chi connectivity index (χ1v) is 33.3. The highest BCUT2D eigenvalue weighted by atomic mass is 31.2. The summed E-state index contributed by atoms with van der Waals surface area (Å²) >= 11 is 0. The molecule has 10 heteroatoms. The van der Waals surface area contributed by atoms with Crippen LogP contribution in [0.5, 0.6) is 0 Å². The zero-order chi connectivity index (χ0) is 57.9. The molecule has 0 aliphatic rings. The first kappa shape index (κ1) is 75.4. The summed E-state index contributed by atoms with van der Waals surface area (Å²) in [4.78, 5) is 40.0. The lowest BCUT2D eigenvalue weighted by Gasteiger charge is -2.30. The van der Waals surface area contributed by atoms with E-state index in [-0.39, 0.29) is 31.3 Å². The maximum absolute atomic E-state index is 13.5. The number of ether oxygens (including phenoxy) is 1. The van der Waals surface area contributed by atoms with E-state index in [2.05, 4.69) is 135 Å². The third-order valence-corrected chi connectivity index (χ3v) is 14.3. The number of hydrogen-bond donors (Lipinski definition) is 1. The van der Waals surface area contributed by atoms with Crippen LogP contribution in [0.4, 0.5) is 0 Å². The minimum atomic E-state index is -4.72. The van der Waals surface area contributed by atoms with E-state index in [0.29, 0.717) is 23.9 Å². The molecule has 0 aromatic rings. The molecule has 452 valence electrons. The van der Waals surface area contributed by atoms with Gasteiger partial charge in [0.05, 0.1) is 33.8 Å². The van der Waals surface area contributed by atoms with Gasteiger partial charge in [-0.3, -0.25) is 14.2 Å². The van der Waals surface area contributed by atoms with E-state index in [1.54, 1.807) is 0 Å². The standard InChI is InChI=1S/C69H119N2O7P/c1-7-10-13-16-19-22-25-27-29-31-33-35-37-39-41-43-46-49-52-55-58-61-68(72)70-66(65-77-79(74,75)76-64-63-71(4,5)6)67(60-57-54-51-48-45-24-21-18-15-12-9-3)78-69(73)62-59-56-53-50-47-44-42-40-38-36-34-32-30-28-26-23-20-17-14-11-8-2/h11,14,19-20,22-23,27-30,33-36,39-42,57,60,66-67H,7-10,12-13,15-18,21,24-26,31-32,37-38,43-56,58-59,61-65H2,1-6H3,(H-,70,72,74,75)/b14-11-,22-19-,23-20-,29-27-,30-28-,35-33-,36-34-,41-39-,42-40-,60-57+. The Morgan fingerprint density at radius 2 is 0.810 bits per heavy atom. The number of nitrogens with zero attached hydrogens (tertiary/aromatic N) is 1. The molecular weight excluding hydrogens is 1000 g/mol. The lowest BCUT2D eigenvalue weighted by Crippen LogP contribution is -2.47. The first-order valence-electron chi connectivity index (χ1n) is 31.8. The number of carbonyl (C=O) groups excluding carboxylic acids is 2. The number of quaternary nitrogens is 1. The predicted molar refractivity (Wildman–Crippen MR) is 339 cm³/mol. The van der Waals surface area contributed by atoms with Crippen LogP contribution in [0.2, 0.25) is 0 Å².